The van der Waals surface area contributed by atoms with Gasteiger partial charge >= 0.3 is 0 Å². The Hall–Kier alpha value is -5.25. The molecule has 2 aromatic heterocycles. The van der Waals surface area contributed by atoms with Gasteiger partial charge in [0.05, 0.1) is 23.5 Å². The topological polar surface area (TPSA) is 109 Å². The minimum Gasteiger partial charge on any atom is -0.487 e. The summed E-state index contributed by atoms with van der Waals surface area (Å²) in [4.78, 5) is 17.5. The van der Waals surface area contributed by atoms with Crippen LogP contribution in [0.1, 0.15) is 46.5 Å². The summed E-state index contributed by atoms with van der Waals surface area (Å²) in [6, 6.07) is 23.8. The second-order valence-electron chi connectivity index (χ2n) is 12.9. The van der Waals surface area contributed by atoms with Gasteiger partial charge in [-0.15, -0.1) is 0 Å². The quantitative estimate of drug-likeness (QED) is 0.176. The van der Waals surface area contributed by atoms with Gasteiger partial charge in [-0.25, -0.2) is 13.5 Å². The Morgan fingerprint density at radius 3 is 2.42 bits per heavy atom. The van der Waals surface area contributed by atoms with E-state index in [1.807, 2.05) is 30.5 Å². The number of hydrogen-bond donors (Lipinski definition) is 1. The van der Waals surface area contributed by atoms with Crippen LogP contribution in [0.25, 0.3) is 16.7 Å². The minimum absolute atomic E-state index is 0.0391. The molecule has 5 aromatic rings. The van der Waals surface area contributed by atoms with Crippen molar-refractivity contribution in [3.63, 3.8) is 0 Å². The lowest BCUT2D eigenvalue weighted by molar-refractivity contribution is 0.0191. The molecular formula is C38H38F2N6O4. The highest BCUT2D eigenvalue weighted by atomic mass is 19.1. The van der Waals surface area contributed by atoms with Gasteiger partial charge in [-0.2, -0.15) is 10.4 Å². The number of nitrogens with one attached hydrogen (secondary N) is 1. The van der Waals surface area contributed by atoms with Crippen LogP contribution in [0.4, 0.5) is 8.78 Å². The molecule has 0 bridgehead atoms. The zero-order valence-electron chi connectivity index (χ0n) is 27.5. The summed E-state index contributed by atoms with van der Waals surface area (Å²) in [6.45, 7) is 3.11. The van der Waals surface area contributed by atoms with Gasteiger partial charge in [-0.1, -0.05) is 12.1 Å². The second kappa shape index (κ2) is 15.1. The van der Waals surface area contributed by atoms with Crippen LogP contribution in [0.5, 0.6) is 11.5 Å². The Kier molecular flexibility index (Phi) is 10.0. The number of hydrogen-bond acceptors (Lipinski definition) is 8. The molecule has 2 aliphatic rings. The lowest BCUT2D eigenvalue weighted by Crippen LogP contribution is -2.46. The van der Waals surface area contributed by atoms with Gasteiger partial charge in [0, 0.05) is 62.5 Å². The van der Waals surface area contributed by atoms with E-state index < -0.39 is 19.1 Å². The zero-order chi connectivity index (χ0) is 34.5. The number of carbonyl (C=O) groups excluding carboxylic acids is 1. The van der Waals surface area contributed by atoms with E-state index in [0.717, 1.165) is 54.7 Å². The lowest BCUT2D eigenvalue weighted by atomic mass is 10.0. The number of carbonyl (C=O) groups is 1. The van der Waals surface area contributed by atoms with Crippen molar-refractivity contribution in [1.29, 1.82) is 5.26 Å². The van der Waals surface area contributed by atoms with E-state index in [0.29, 0.717) is 42.2 Å². The van der Waals surface area contributed by atoms with Crippen LogP contribution in [0.3, 0.4) is 0 Å². The number of fused-ring (bicyclic) bond motifs is 1. The Balaban J connectivity index is 0.875. The van der Waals surface area contributed by atoms with E-state index >= 15 is 4.39 Å². The predicted molar refractivity (Wildman–Crippen MR) is 183 cm³/mol. The number of alkyl halides is 2. The molecule has 4 heterocycles. The molecule has 1 N–H and O–H groups in total. The third-order valence-corrected chi connectivity index (χ3v) is 9.34. The standard InChI is InChI=1S/C38H38F2N6O4/c39-25-48-32-7-3-27(4-8-32)21-44-14-11-30(12-15-44)43-38(47)37-18-29-17-33(9-10-35(29)50-37)49-36-13-16-45(24-34(36)40)22-28-20-42-46(23-28)31-5-1-26(19-41)2-6-31/h1-10,17-18,20,23,30,34,36H,11-16,21-22,24-25H2,(H,43,47)/t34-,36-/m1/s1. The van der Waals surface area contributed by atoms with Gasteiger partial charge in [0.25, 0.3) is 5.91 Å². The molecular weight excluding hydrogens is 642 g/mol. The van der Waals surface area contributed by atoms with E-state index in [9.17, 15) is 9.18 Å². The molecule has 258 valence electrons. The van der Waals surface area contributed by atoms with E-state index in [-0.39, 0.29) is 24.3 Å². The Morgan fingerprint density at radius 1 is 0.940 bits per heavy atom. The predicted octanol–water partition coefficient (Wildman–Crippen LogP) is 6.18. The van der Waals surface area contributed by atoms with Gasteiger partial charge in [-0.3, -0.25) is 14.6 Å². The maximum absolute atomic E-state index is 15.3. The first-order valence-electron chi connectivity index (χ1n) is 16.8. The van der Waals surface area contributed by atoms with Crippen LogP contribution in [0, 0.1) is 11.3 Å². The summed E-state index contributed by atoms with van der Waals surface area (Å²) < 4.78 is 46.3. The molecule has 1 amide bonds. The summed E-state index contributed by atoms with van der Waals surface area (Å²) in [5.41, 5.74) is 4.10. The van der Waals surface area contributed by atoms with Crippen molar-refractivity contribution < 1.29 is 27.5 Å². The van der Waals surface area contributed by atoms with Crippen molar-refractivity contribution >= 4 is 16.9 Å². The fraction of sp³-hybridized carbons (Fsp3) is 0.342. The van der Waals surface area contributed by atoms with Crippen molar-refractivity contribution in [3.05, 3.63) is 108 Å². The average molecular weight is 681 g/mol. The highest BCUT2D eigenvalue weighted by Crippen LogP contribution is 2.28. The number of furan rings is 1. The molecule has 7 rings (SSSR count). The number of amides is 1. The van der Waals surface area contributed by atoms with Gasteiger partial charge < -0.3 is 19.2 Å². The van der Waals surface area contributed by atoms with Crippen molar-refractivity contribution in [2.45, 2.75) is 50.7 Å². The van der Waals surface area contributed by atoms with Crippen molar-refractivity contribution in [1.82, 2.24) is 24.9 Å². The Labute approximate surface area is 288 Å². The highest BCUT2D eigenvalue weighted by Gasteiger charge is 2.31. The number of nitrogens with zero attached hydrogens (tertiary/aromatic N) is 5. The van der Waals surface area contributed by atoms with Gasteiger partial charge in [-0.05, 0) is 85.5 Å². The molecule has 3 aromatic carbocycles. The molecule has 12 heteroatoms. The van der Waals surface area contributed by atoms with E-state index in [1.54, 1.807) is 59.4 Å². The van der Waals surface area contributed by atoms with Gasteiger partial charge in [0.1, 0.15) is 29.4 Å². The smallest absolute Gasteiger partial charge is 0.287 e. The van der Waals surface area contributed by atoms with Crippen molar-refractivity contribution in [2.24, 2.45) is 0 Å². The first kappa shape index (κ1) is 33.3. The average Bonchev–Trinajstić information content (AvgIpc) is 3.79. The van der Waals surface area contributed by atoms with Crippen LogP contribution < -0.4 is 14.8 Å². The molecule has 0 saturated carbocycles. The second-order valence-corrected chi connectivity index (χ2v) is 12.9. The van der Waals surface area contributed by atoms with Crippen LogP contribution in [-0.2, 0) is 13.1 Å². The van der Waals surface area contributed by atoms with Crippen LogP contribution >= 0.6 is 0 Å². The number of ether oxygens (including phenoxy) is 2. The van der Waals surface area contributed by atoms with Gasteiger partial charge in [0.2, 0.25) is 6.86 Å². The van der Waals surface area contributed by atoms with Crippen molar-refractivity contribution in [3.8, 4) is 23.3 Å². The Bertz CT molecular complexity index is 1950. The van der Waals surface area contributed by atoms with Crippen LogP contribution in [0.15, 0.2) is 89.6 Å². The number of rotatable bonds is 11. The van der Waals surface area contributed by atoms with E-state index in [4.69, 9.17) is 19.2 Å². The third-order valence-electron chi connectivity index (χ3n) is 9.34. The monoisotopic (exact) mass is 680 g/mol. The largest absolute Gasteiger partial charge is 0.487 e. The minimum atomic E-state index is -1.17. The molecule has 50 heavy (non-hydrogen) atoms. The van der Waals surface area contributed by atoms with Gasteiger partial charge in [0.15, 0.2) is 5.76 Å². The first-order chi connectivity index (χ1) is 24.4. The fourth-order valence-corrected chi connectivity index (χ4v) is 6.64. The molecule has 0 unspecified atom stereocenters. The molecule has 2 fully saturated rings. The fourth-order valence-electron chi connectivity index (χ4n) is 6.64. The van der Waals surface area contributed by atoms with Crippen LogP contribution in [0.2, 0.25) is 0 Å². The summed E-state index contributed by atoms with van der Waals surface area (Å²) in [6.07, 6.45) is 4.11. The van der Waals surface area contributed by atoms with E-state index in [2.05, 4.69) is 26.3 Å². The zero-order valence-corrected chi connectivity index (χ0v) is 27.5. The van der Waals surface area contributed by atoms with Crippen LogP contribution in [-0.4, -0.2) is 76.8 Å². The summed E-state index contributed by atoms with van der Waals surface area (Å²) in [5.74, 6) is 1.02. The number of nitriles is 1. The maximum Gasteiger partial charge on any atom is 0.287 e. The maximum atomic E-state index is 15.3. The summed E-state index contributed by atoms with van der Waals surface area (Å²) >= 11 is 0. The normalized spacial score (nSPS) is 18.9. The number of halogens is 2. The number of likely N-dealkylation sites (tertiary alicyclic amines) is 2. The SMILES string of the molecule is N#Cc1ccc(-n2cc(CN3CC[C@@H](Oc4ccc5oc(C(=O)NC6CCN(Cc7ccc(OCF)cc7)CC6)cc5c4)[C@H](F)C3)cn2)cc1. The third kappa shape index (κ3) is 7.96. The number of benzene rings is 3. The molecule has 10 nitrogen and oxygen atoms in total. The summed E-state index contributed by atoms with van der Waals surface area (Å²) in [7, 11) is 0. The number of piperidine rings is 2. The molecule has 0 spiro atoms. The lowest BCUT2D eigenvalue weighted by Gasteiger charge is -2.34. The molecule has 0 radical (unpaired) electrons. The van der Waals surface area contributed by atoms with E-state index in [1.165, 1.54) is 0 Å². The molecule has 2 aliphatic heterocycles. The first-order valence-corrected chi connectivity index (χ1v) is 16.8. The molecule has 2 saturated heterocycles. The van der Waals surface area contributed by atoms with Crippen molar-refractivity contribution in [2.75, 3.05) is 33.0 Å². The molecule has 0 aliphatic carbocycles. The highest BCUT2D eigenvalue weighted by molar-refractivity contribution is 5.96. The summed E-state index contributed by atoms with van der Waals surface area (Å²) in [5, 5.41) is 17.3. The Morgan fingerprint density at radius 2 is 1.68 bits per heavy atom. The molecule has 2 atom stereocenters. The number of aromatic nitrogens is 2.